The summed E-state index contributed by atoms with van der Waals surface area (Å²) < 4.78 is 10.9. The predicted molar refractivity (Wildman–Crippen MR) is 82.8 cm³/mol. The summed E-state index contributed by atoms with van der Waals surface area (Å²) in [5.74, 6) is 0.628. The SMILES string of the molecule is CCCCCCCCOCCOc1ccc([N+](=O)[O-])cc1. The maximum atomic E-state index is 10.5. The Kier molecular flexibility index (Phi) is 9.20. The second-order valence-electron chi connectivity index (χ2n) is 4.98. The molecule has 0 atom stereocenters. The molecular weight excluding hydrogens is 270 g/mol. The maximum Gasteiger partial charge on any atom is 0.269 e. The average molecular weight is 295 g/mol. The summed E-state index contributed by atoms with van der Waals surface area (Å²) in [7, 11) is 0. The molecule has 0 spiro atoms. The van der Waals surface area contributed by atoms with Crippen molar-refractivity contribution in [3.63, 3.8) is 0 Å². The van der Waals surface area contributed by atoms with E-state index in [2.05, 4.69) is 6.92 Å². The molecule has 5 nitrogen and oxygen atoms in total. The second kappa shape index (κ2) is 11.1. The zero-order valence-electron chi connectivity index (χ0n) is 12.8. The molecule has 0 radical (unpaired) electrons. The molecule has 0 amide bonds. The lowest BCUT2D eigenvalue weighted by atomic mass is 10.1. The van der Waals surface area contributed by atoms with E-state index in [1.54, 1.807) is 12.1 Å². The molecule has 0 aromatic heterocycles. The molecule has 21 heavy (non-hydrogen) atoms. The van der Waals surface area contributed by atoms with E-state index in [0.29, 0.717) is 19.0 Å². The van der Waals surface area contributed by atoms with Gasteiger partial charge < -0.3 is 9.47 Å². The van der Waals surface area contributed by atoms with Gasteiger partial charge in [-0.15, -0.1) is 0 Å². The van der Waals surface area contributed by atoms with E-state index in [-0.39, 0.29) is 5.69 Å². The van der Waals surface area contributed by atoms with Crippen molar-refractivity contribution in [1.82, 2.24) is 0 Å². The highest BCUT2D eigenvalue weighted by atomic mass is 16.6. The lowest BCUT2D eigenvalue weighted by Gasteiger charge is -2.07. The standard InChI is InChI=1S/C16H25NO4/c1-2-3-4-5-6-7-12-20-13-14-21-16-10-8-15(9-11-16)17(18)19/h8-11H,2-7,12-14H2,1H3. The Bertz CT molecular complexity index is 392. The van der Waals surface area contributed by atoms with Gasteiger partial charge in [-0.1, -0.05) is 39.0 Å². The topological polar surface area (TPSA) is 61.6 Å². The highest BCUT2D eigenvalue weighted by Gasteiger charge is 2.03. The fourth-order valence-corrected chi connectivity index (χ4v) is 1.97. The zero-order chi connectivity index (χ0) is 15.3. The van der Waals surface area contributed by atoms with E-state index >= 15 is 0 Å². The lowest BCUT2D eigenvalue weighted by Crippen LogP contribution is -2.07. The third kappa shape index (κ3) is 8.30. The fourth-order valence-electron chi connectivity index (χ4n) is 1.97. The zero-order valence-corrected chi connectivity index (χ0v) is 12.8. The first kappa shape index (κ1) is 17.4. The molecule has 0 bridgehead atoms. The van der Waals surface area contributed by atoms with Crippen LogP contribution in [0, 0.1) is 10.1 Å². The van der Waals surface area contributed by atoms with Gasteiger partial charge in [-0.25, -0.2) is 0 Å². The van der Waals surface area contributed by atoms with Crippen LogP contribution in [-0.2, 0) is 4.74 Å². The van der Waals surface area contributed by atoms with Gasteiger partial charge in [0.15, 0.2) is 0 Å². The summed E-state index contributed by atoms with van der Waals surface area (Å²) in [6.07, 6.45) is 7.53. The molecule has 5 heteroatoms. The third-order valence-corrected chi connectivity index (χ3v) is 3.19. The molecular formula is C16H25NO4. The minimum absolute atomic E-state index is 0.0710. The van der Waals surface area contributed by atoms with Crippen LogP contribution < -0.4 is 4.74 Å². The quantitative estimate of drug-likeness (QED) is 0.327. The Labute approximate surface area is 126 Å². The van der Waals surface area contributed by atoms with E-state index in [1.807, 2.05) is 0 Å². The minimum atomic E-state index is -0.423. The molecule has 118 valence electrons. The van der Waals surface area contributed by atoms with Crippen LogP contribution in [-0.4, -0.2) is 24.7 Å². The van der Waals surface area contributed by atoms with Gasteiger partial charge in [-0.3, -0.25) is 10.1 Å². The molecule has 0 heterocycles. The molecule has 0 aliphatic rings. The van der Waals surface area contributed by atoms with Gasteiger partial charge in [0.25, 0.3) is 5.69 Å². The summed E-state index contributed by atoms with van der Waals surface area (Å²) in [5.41, 5.74) is 0.0710. The van der Waals surface area contributed by atoms with E-state index in [1.165, 1.54) is 44.2 Å². The number of nitro benzene ring substituents is 1. The van der Waals surface area contributed by atoms with Crippen molar-refractivity contribution in [3.8, 4) is 5.75 Å². The van der Waals surface area contributed by atoms with Gasteiger partial charge in [0, 0.05) is 18.7 Å². The summed E-state index contributed by atoms with van der Waals surface area (Å²) in [4.78, 5) is 10.1. The van der Waals surface area contributed by atoms with Crippen LogP contribution in [0.25, 0.3) is 0 Å². The third-order valence-electron chi connectivity index (χ3n) is 3.19. The molecule has 0 aliphatic heterocycles. The van der Waals surface area contributed by atoms with Crippen LogP contribution in [0.2, 0.25) is 0 Å². The number of benzene rings is 1. The smallest absolute Gasteiger partial charge is 0.269 e. The van der Waals surface area contributed by atoms with Gasteiger partial charge in [0.1, 0.15) is 12.4 Å². The summed E-state index contributed by atoms with van der Waals surface area (Å²) >= 11 is 0. The van der Waals surface area contributed by atoms with Gasteiger partial charge in [0.2, 0.25) is 0 Å². The Morgan fingerprint density at radius 1 is 0.952 bits per heavy atom. The molecule has 1 aromatic rings. The van der Waals surface area contributed by atoms with Gasteiger partial charge in [-0.2, -0.15) is 0 Å². The number of rotatable bonds is 12. The van der Waals surface area contributed by atoms with Crippen LogP contribution in [0.15, 0.2) is 24.3 Å². The molecule has 0 unspecified atom stereocenters. The highest BCUT2D eigenvalue weighted by Crippen LogP contribution is 2.17. The van der Waals surface area contributed by atoms with Crippen molar-refractivity contribution >= 4 is 5.69 Å². The number of hydrogen-bond donors (Lipinski definition) is 0. The highest BCUT2D eigenvalue weighted by molar-refractivity contribution is 5.35. The molecule has 0 saturated carbocycles. The van der Waals surface area contributed by atoms with Crippen LogP contribution in [0.4, 0.5) is 5.69 Å². The minimum Gasteiger partial charge on any atom is -0.491 e. The van der Waals surface area contributed by atoms with Crippen molar-refractivity contribution in [2.75, 3.05) is 19.8 Å². The number of nitro groups is 1. The predicted octanol–water partition coefficient (Wildman–Crippen LogP) is 4.35. The Hall–Kier alpha value is -1.62. The largest absolute Gasteiger partial charge is 0.491 e. The number of nitrogens with zero attached hydrogens (tertiary/aromatic N) is 1. The number of non-ortho nitro benzene ring substituents is 1. The van der Waals surface area contributed by atoms with Crippen LogP contribution in [0.1, 0.15) is 45.4 Å². The molecule has 1 rings (SSSR count). The van der Waals surface area contributed by atoms with Crippen molar-refractivity contribution in [1.29, 1.82) is 0 Å². The van der Waals surface area contributed by atoms with Crippen molar-refractivity contribution in [3.05, 3.63) is 34.4 Å². The Morgan fingerprint density at radius 2 is 1.62 bits per heavy atom. The molecule has 1 aromatic carbocycles. The van der Waals surface area contributed by atoms with Crippen molar-refractivity contribution < 1.29 is 14.4 Å². The molecule has 0 saturated heterocycles. The number of hydrogen-bond acceptors (Lipinski definition) is 4. The van der Waals surface area contributed by atoms with Crippen molar-refractivity contribution in [2.24, 2.45) is 0 Å². The van der Waals surface area contributed by atoms with E-state index in [0.717, 1.165) is 13.0 Å². The van der Waals surface area contributed by atoms with Gasteiger partial charge in [0.05, 0.1) is 11.5 Å². The molecule has 0 N–H and O–H groups in total. The van der Waals surface area contributed by atoms with E-state index < -0.39 is 4.92 Å². The summed E-state index contributed by atoms with van der Waals surface area (Å²) in [6, 6.07) is 6.08. The molecule has 0 aliphatic carbocycles. The number of ether oxygens (including phenoxy) is 2. The van der Waals surface area contributed by atoms with Crippen LogP contribution >= 0.6 is 0 Å². The summed E-state index contributed by atoms with van der Waals surface area (Å²) in [5, 5.41) is 10.5. The first-order valence-corrected chi connectivity index (χ1v) is 7.69. The second-order valence-corrected chi connectivity index (χ2v) is 4.98. The van der Waals surface area contributed by atoms with Crippen molar-refractivity contribution in [2.45, 2.75) is 45.4 Å². The van der Waals surface area contributed by atoms with Gasteiger partial charge >= 0.3 is 0 Å². The Balaban J connectivity index is 1.98. The first-order valence-electron chi connectivity index (χ1n) is 7.69. The van der Waals surface area contributed by atoms with Crippen LogP contribution in [0.5, 0.6) is 5.75 Å². The van der Waals surface area contributed by atoms with E-state index in [9.17, 15) is 10.1 Å². The monoisotopic (exact) mass is 295 g/mol. The first-order chi connectivity index (χ1) is 10.2. The van der Waals surface area contributed by atoms with E-state index in [4.69, 9.17) is 9.47 Å². The normalized spacial score (nSPS) is 10.5. The fraction of sp³-hybridized carbons (Fsp3) is 0.625. The Morgan fingerprint density at radius 3 is 2.29 bits per heavy atom. The summed E-state index contributed by atoms with van der Waals surface area (Å²) in [6.45, 7) is 4.00. The molecule has 0 fully saturated rings. The average Bonchev–Trinajstić information content (AvgIpc) is 2.49. The lowest BCUT2D eigenvalue weighted by molar-refractivity contribution is -0.384. The van der Waals surface area contributed by atoms with Crippen LogP contribution in [0.3, 0.4) is 0 Å². The number of unbranched alkanes of at least 4 members (excludes halogenated alkanes) is 5. The van der Waals surface area contributed by atoms with Gasteiger partial charge in [-0.05, 0) is 18.6 Å². The maximum absolute atomic E-state index is 10.5.